The molecular formula is C9H20N2O2. The maximum Gasteiger partial charge on any atom is 0.0824 e. The fourth-order valence-corrected chi connectivity index (χ4v) is 1.56. The number of hydrogen-bond acceptors (Lipinski definition) is 4. The standard InChI is InChI=1S/C9H20N2O2/c1-12-5-2-3-11-4-6-13-9(7-10)8-11/h9H,2-8,10H2,1H3. The molecule has 1 aliphatic rings. The lowest BCUT2D eigenvalue weighted by atomic mass is 10.2. The van der Waals surface area contributed by atoms with Crippen molar-refractivity contribution in [1.82, 2.24) is 4.90 Å². The normalized spacial score (nSPS) is 24.9. The first-order valence-electron chi connectivity index (χ1n) is 4.89. The van der Waals surface area contributed by atoms with Crippen LogP contribution in [-0.2, 0) is 9.47 Å². The average Bonchev–Trinajstić information content (AvgIpc) is 2.19. The molecule has 0 aliphatic carbocycles. The summed E-state index contributed by atoms with van der Waals surface area (Å²) in [6.07, 6.45) is 1.32. The summed E-state index contributed by atoms with van der Waals surface area (Å²) < 4.78 is 10.5. The third kappa shape index (κ3) is 4.04. The maximum absolute atomic E-state index is 5.54. The Balaban J connectivity index is 2.11. The Kier molecular flexibility index (Phi) is 5.31. The Hall–Kier alpha value is -0.160. The van der Waals surface area contributed by atoms with Gasteiger partial charge in [0.05, 0.1) is 12.7 Å². The van der Waals surface area contributed by atoms with E-state index in [0.29, 0.717) is 6.54 Å². The van der Waals surface area contributed by atoms with E-state index in [9.17, 15) is 0 Å². The molecule has 13 heavy (non-hydrogen) atoms. The Labute approximate surface area is 80.0 Å². The van der Waals surface area contributed by atoms with Crippen molar-refractivity contribution in [2.24, 2.45) is 5.73 Å². The van der Waals surface area contributed by atoms with Crippen molar-refractivity contribution in [2.75, 3.05) is 46.5 Å². The van der Waals surface area contributed by atoms with Crippen LogP contribution in [0.4, 0.5) is 0 Å². The molecule has 1 aliphatic heterocycles. The van der Waals surface area contributed by atoms with Crippen molar-refractivity contribution in [3.63, 3.8) is 0 Å². The van der Waals surface area contributed by atoms with Gasteiger partial charge in [0.2, 0.25) is 0 Å². The number of hydrogen-bond donors (Lipinski definition) is 1. The largest absolute Gasteiger partial charge is 0.385 e. The van der Waals surface area contributed by atoms with Gasteiger partial charge in [0.15, 0.2) is 0 Å². The average molecular weight is 188 g/mol. The fourth-order valence-electron chi connectivity index (χ4n) is 1.56. The van der Waals surface area contributed by atoms with Crippen LogP contribution in [-0.4, -0.2) is 57.5 Å². The lowest BCUT2D eigenvalue weighted by Gasteiger charge is -2.32. The van der Waals surface area contributed by atoms with Gasteiger partial charge >= 0.3 is 0 Å². The molecule has 1 unspecified atom stereocenters. The van der Waals surface area contributed by atoms with Gasteiger partial charge in [0.25, 0.3) is 0 Å². The van der Waals surface area contributed by atoms with E-state index in [1.807, 2.05) is 0 Å². The first kappa shape index (κ1) is 10.9. The van der Waals surface area contributed by atoms with Gasteiger partial charge in [-0.25, -0.2) is 0 Å². The monoisotopic (exact) mass is 188 g/mol. The number of morpholine rings is 1. The van der Waals surface area contributed by atoms with Gasteiger partial charge in [0, 0.05) is 39.9 Å². The molecule has 78 valence electrons. The number of ether oxygens (including phenoxy) is 2. The summed E-state index contributed by atoms with van der Waals surface area (Å²) in [6, 6.07) is 0. The second-order valence-corrected chi connectivity index (χ2v) is 3.38. The lowest BCUT2D eigenvalue weighted by molar-refractivity contribution is -0.0249. The van der Waals surface area contributed by atoms with E-state index in [1.165, 1.54) is 0 Å². The van der Waals surface area contributed by atoms with E-state index in [-0.39, 0.29) is 6.10 Å². The van der Waals surface area contributed by atoms with Gasteiger partial charge < -0.3 is 15.2 Å². The van der Waals surface area contributed by atoms with Crippen LogP contribution in [0.3, 0.4) is 0 Å². The van der Waals surface area contributed by atoms with Crippen molar-refractivity contribution >= 4 is 0 Å². The zero-order valence-corrected chi connectivity index (χ0v) is 8.37. The predicted octanol–water partition coefficient (Wildman–Crippen LogP) is -0.318. The van der Waals surface area contributed by atoms with Crippen LogP contribution in [0.1, 0.15) is 6.42 Å². The van der Waals surface area contributed by atoms with Crippen LogP contribution in [0, 0.1) is 0 Å². The van der Waals surface area contributed by atoms with E-state index in [1.54, 1.807) is 7.11 Å². The molecule has 0 spiro atoms. The van der Waals surface area contributed by atoms with Crippen LogP contribution in [0.2, 0.25) is 0 Å². The van der Waals surface area contributed by atoms with Crippen LogP contribution in [0.25, 0.3) is 0 Å². The molecule has 0 radical (unpaired) electrons. The number of rotatable bonds is 5. The molecule has 0 aromatic heterocycles. The van der Waals surface area contributed by atoms with Gasteiger partial charge in [-0.15, -0.1) is 0 Å². The lowest BCUT2D eigenvalue weighted by Crippen LogP contribution is -2.45. The molecule has 0 aromatic rings. The van der Waals surface area contributed by atoms with Crippen LogP contribution in [0.5, 0.6) is 0 Å². The number of nitrogens with zero attached hydrogens (tertiary/aromatic N) is 1. The Morgan fingerprint density at radius 2 is 2.46 bits per heavy atom. The summed E-state index contributed by atoms with van der Waals surface area (Å²) >= 11 is 0. The highest BCUT2D eigenvalue weighted by atomic mass is 16.5. The topological polar surface area (TPSA) is 47.7 Å². The molecule has 1 fully saturated rings. The molecule has 0 aromatic carbocycles. The minimum absolute atomic E-state index is 0.233. The Morgan fingerprint density at radius 1 is 1.62 bits per heavy atom. The third-order valence-electron chi connectivity index (χ3n) is 2.31. The second-order valence-electron chi connectivity index (χ2n) is 3.38. The third-order valence-corrected chi connectivity index (χ3v) is 2.31. The number of nitrogens with two attached hydrogens (primary N) is 1. The molecule has 1 saturated heterocycles. The zero-order chi connectivity index (χ0) is 9.52. The smallest absolute Gasteiger partial charge is 0.0824 e. The highest BCUT2D eigenvalue weighted by molar-refractivity contribution is 4.71. The molecule has 1 rings (SSSR count). The van der Waals surface area contributed by atoms with Crippen LogP contribution in [0.15, 0.2) is 0 Å². The number of methoxy groups -OCH3 is 1. The maximum atomic E-state index is 5.54. The minimum atomic E-state index is 0.233. The van der Waals surface area contributed by atoms with Gasteiger partial charge in [-0.05, 0) is 6.42 Å². The molecule has 0 bridgehead atoms. The summed E-state index contributed by atoms with van der Waals surface area (Å²) in [5.74, 6) is 0. The van der Waals surface area contributed by atoms with Crippen LogP contribution < -0.4 is 5.73 Å². The summed E-state index contributed by atoms with van der Waals surface area (Å²) in [7, 11) is 1.74. The molecule has 1 heterocycles. The molecule has 0 saturated carbocycles. The van der Waals surface area contributed by atoms with Gasteiger partial charge in [-0.2, -0.15) is 0 Å². The quantitative estimate of drug-likeness (QED) is 0.601. The fraction of sp³-hybridized carbons (Fsp3) is 1.00. The van der Waals surface area contributed by atoms with Crippen molar-refractivity contribution in [3.8, 4) is 0 Å². The molecule has 4 heteroatoms. The summed E-state index contributed by atoms with van der Waals surface area (Å²) in [5, 5.41) is 0. The Bertz CT molecular complexity index is 133. The van der Waals surface area contributed by atoms with Crippen molar-refractivity contribution < 1.29 is 9.47 Å². The van der Waals surface area contributed by atoms with Crippen molar-refractivity contribution in [2.45, 2.75) is 12.5 Å². The van der Waals surface area contributed by atoms with E-state index >= 15 is 0 Å². The highest BCUT2D eigenvalue weighted by Crippen LogP contribution is 2.04. The summed E-state index contributed by atoms with van der Waals surface area (Å²) in [6.45, 7) is 5.37. The second kappa shape index (κ2) is 6.32. The van der Waals surface area contributed by atoms with E-state index in [0.717, 1.165) is 39.3 Å². The van der Waals surface area contributed by atoms with Gasteiger partial charge in [-0.3, -0.25) is 4.90 Å². The summed E-state index contributed by atoms with van der Waals surface area (Å²) in [4.78, 5) is 2.39. The van der Waals surface area contributed by atoms with E-state index < -0.39 is 0 Å². The highest BCUT2D eigenvalue weighted by Gasteiger charge is 2.18. The van der Waals surface area contributed by atoms with E-state index in [4.69, 9.17) is 15.2 Å². The molecule has 1 atom stereocenters. The zero-order valence-electron chi connectivity index (χ0n) is 8.37. The van der Waals surface area contributed by atoms with Crippen molar-refractivity contribution in [1.29, 1.82) is 0 Å². The van der Waals surface area contributed by atoms with Gasteiger partial charge in [0.1, 0.15) is 0 Å². The first-order valence-corrected chi connectivity index (χ1v) is 4.89. The molecule has 0 amide bonds. The summed E-state index contributed by atoms with van der Waals surface area (Å²) in [5.41, 5.74) is 5.54. The van der Waals surface area contributed by atoms with E-state index in [2.05, 4.69) is 4.90 Å². The van der Waals surface area contributed by atoms with Crippen LogP contribution >= 0.6 is 0 Å². The first-order chi connectivity index (χ1) is 6.36. The molecule has 4 nitrogen and oxygen atoms in total. The minimum Gasteiger partial charge on any atom is -0.385 e. The SMILES string of the molecule is COCCCN1CCOC(CN)C1. The molecule has 2 N–H and O–H groups in total. The molecular weight excluding hydrogens is 168 g/mol. The van der Waals surface area contributed by atoms with Gasteiger partial charge in [-0.1, -0.05) is 0 Å². The Morgan fingerprint density at radius 3 is 3.15 bits per heavy atom. The van der Waals surface area contributed by atoms with Crippen molar-refractivity contribution in [3.05, 3.63) is 0 Å². The predicted molar refractivity (Wildman–Crippen MR) is 51.7 cm³/mol.